The lowest BCUT2D eigenvalue weighted by atomic mass is 10.1. The van der Waals surface area contributed by atoms with Crippen LogP contribution in [0.2, 0.25) is 0 Å². The van der Waals surface area contributed by atoms with E-state index in [1.165, 1.54) is 12.0 Å². The predicted molar refractivity (Wildman–Crippen MR) is 110 cm³/mol. The Morgan fingerprint density at radius 1 is 0.897 bits per heavy atom. The molecular weight excluding hydrogens is 392 g/mol. The molecule has 158 valence electrons. The van der Waals surface area contributed by atoms with Crippen molar-refractivity contribution in [2.24, 2.45) is 0 Å². The molecule has 8 heteroatoms. The van der Waals surface area contributed by atoms with Crippen LogP contribution in [0, 0.1) is 6.92 Å². The SMILES string of the molecule is COc1ccc(C[NH+]2CCN(S(=O)(=O)c3cc(C)ccc3OC)CC2)cc1OC. The Labute approximate surface area is 172 Å². The van der Waals surface area contributed by atoms with Gasteiger partial charge in [-0.25, -0.2) is 8.42 Å². The monoisotopic (exact) mass is 421 g/mol. The lowest BCUT2D eigenvalue weighted by Gasteiger charge is -2.32. The number of sulfonamides is 1. The number of hydrogen-bond donors (Lipinski definition) is 1. The first kappa shape index (κ1) is 21.4. The molecule has 2 aromatic carbocycles. The molecule has 1 saturated heterocycles. The number of ether oxygens (including phenoxy) is 3. The highest BCUT2D eigenvalue weighted by Crippen LogP contribution is 2.28. The molecule has 3 rings (SSSR count). The van der Waals surface area contributed by atoms with Gasteiger partial charge in [0.2, 0.25) is 10.0 Å². The summed E-state index contributed by atoms with van der Waals surface area (Å²) in [7, 11) is 1.15. The molecule has 0 aliphatic carbocycles. The molecule has 29 heavy (non-hydrogen) atoms. The number of nitrogens with zero attached hydrogens (tertiary/aromatic N) is 1. The first-order chi connectivity index (χ1) is 13.9. The molecule has 1 N–H and O–H groups in total. The molecule has 0 unspecified atom stereocenters. The van der Waals surface area contributed by atoms with Crippen molar-refractivity contribution in [3.63, 3.8) is 0 Å². The summed E-state index contributed by atoms with van der Waals surface area (Å²) in [5.41, 5.74) is 2.02. The summed E-state index contributed by atoms with van der Waals surface area (Å²) in [4.78, 5) is 1.57. The Morgan fingerprint density at radius 3 is 2.14 bits per heavy atom. The van der Waals surface area contributed by atoms with E-state index in [9.17, 15) is 8.42 Å². The predicted octanol–water partition coefficient (Wildman–Crippen LogP) is 1.11. The first-order valence-corrected chi connectivity index (χ1v) is 11.0. The lowest BCUT2D eigenvalue weighted by molar-refractivity contribution is -0.917. The second-order valence-electron chi connectivity index (χ2n) is 7.17. The van der Waals surface area contributed by atoms with Gasteiger partial charge in [0.25, 0.3) is 0 Å². The highest BCUT2D eigenvalue weighted by Gasteiger charge is 2.32. The fourth-order valence-electron chi connectivity index (χ4n) is 3.62. The lowest BCUT2D eigenvalue weighted by Crippen LogP contribution is -3.13. The van der Waals surface area contributed by atoms with Gasteiger partial charge in [-0.05, 0) is 42.8 Å². The standard InChI is InChI=1S/C21H28N2O5S/c1-16-5-7-19(27-3)21(13-16)29(24,25)23-11-9-22(10-12-23)15-17-6-8-18(26-2)20(14-17)28-4/h5-8,13-14H,9-12,15H2,1-4H3/p+1. The van der Waals surface area contributed by atoms with E-state index < -0.39 is 10.0 Å². The minimum atomic E-state index is -3.58. The molecule has 0 spiro atoms. The molecule has 0 amide bonds. The summed E-state index contributed by atoms with van der Waals surface area (Å²) < 4.78 is 43.8. The molecular formula is C21H29N2O5S+. The topological polar surface area (TPSA) is 69.5 Å². The molecule has 0 bridgehead atoms. The Kier molecular flexibility index (Phi) is 6.66. The van der Waals surface area contributed by atoms with Gasteiger partial charge >= 0.3 is 0 Å². The molecule has 1 fully saturated rings. The molecule has 0 aromatic heterocycles. The normalized spacial score (nSPS) is 15.9. The number of methoxy groups -OCH3 is 3. The van der Waals surface area contributed by atoms with Crippen molar-refractivity contribution in [2.45, 2.75) is 18.4 Å². The molecule has 0 atom stereocenters. The van der Waals surface area contributed by atoms with Gasteiger partial charge in [-0.1, -0.05) is 6.07 Å². The molecule has 1 heterocycles. The number of benzene rings is 2. The molecule has 1 aliphatic heterocycles. The summed E-state index contributed by atoms with van der Waals surface area (Å²) >= 11 is 0. The third-order valence-electron chi connectivity index (χ3n) is 5.27. The van der Waals surface area contributed by atoms with Crippen LogP contribution in [-0.4, -0.2) is 60.2 Å². The minimum Gasteiger partial charge on any atom is -0.495 e. The van der Waals surface area contributed by atoms with Crippen LogP contribution >= 0.6 is 0 Å². The summed E-state index contributed by atoms with van der Waals surface area (Å²) in [5, 5.41) is 0. The minimum absolute atomic E-state index is 0.239. The zero-order valence-corrected chi connectivity index (χ0v) is 18.2. The number of rotatable bonds is 7. The number of nitrogens with one attached hydrogen (secondary N) is 1. The maximum atomic E-state index is 13.1. The van der Waals surface area contributed by atoms with Gasteiger partial charge < -0.3 is 19.1 Å². The van der Waals surface area contributed by atoms with Crippen LogP contribution in [0.5, 0.6) is 17.2 Å². The van der Waals surface area contributed by atoms with Crippen LogP contribution in [0.3, 0.4) is 0 Å². The molecule has 0 radical (unpaired) electrons. The Hall–Kier alpha value is -2.29. The summed E-state index contributed by atoms with van der Waals surface area (Å²) in [5.74, 6) is 1.79. The van der Waals surface area contributed by atoms with Gasteiger partial charge in [0.05, 0.1) is 47.5 Å². The van der Waals surface area contributed by atoms with Crippen LogP contribution < -0.4 is 19.1 Å². The van der Waals surface area contributed by atoms with E-state index in [0.717, 1.165) is 30.8 Å². The van der Waals surface area contributed by atoms with Crippen LogP contribution in [0.15, 0.2) is 41.3 Å². The van der Waals surface area contributed by atoms with Crippen LogP contribution in [-0.2, 0) is 16.6 Å². The fraction of sp³-hybridized carbons (Fsp3) is 0.429. The van der Waals surface area contributed by atoms with E-state index in [0.29, 0.717) is 30.3 Å². The number of aryl methyl sites for hydroxylation is 1. The Morgan fingerprint density at radius 2 is 1.52 bits per heavy atom. The smallest absolute Gasteiger partial charge is 0.247 e. The van der Waals surface area contributed by atoms with E-state index in [4.69, 9.17) is 14.2 Å². The number of piperazine rings is 1. The highest BCUT2D eigenvalue weighted by molar-refractivity contribution is 7.89. The third-order valence-corrected chi connectivity index (χ3v) is 7.19. The van der Waals surface area contributed by atoms with E-state index in [2.05, 4.69) is 0 Å². The van der Waals surface area contributed by atoms with Crippen molar-refractivity contribution in [2.75, 3.05) is 47.5 Å². The van der Waals surface area contributed by atoms with Crippen molar-refractivity contribution < 1.29 is 27.5 Å². The van der Waals surface area contributed by atoms with Crippen LogP contribution in [0.4, 0.5) is 0 Å². The van der Waals surface area contributed by atoms with E-state index in [1.807, 2.05) is 31.2 Å². The fourth-order valence-corrected chi connectivity index (χ4v) is 5.31. The van der Waals surface area contributed by atoms with Crippen molar-refractivity contribution in [1.82, 2.24) is 4.31 Å². The van der Waals surface area contributed by atoms with Crippen molar-refractivity contribution in [3.8, 4) is 17.2 Å². The van der Waals surface area contributed by atoms with Crippen molar-refractivity contribution >= 4 is 10.0 Å². The van der Waals surface area contributed by atoms with Crippen LogP contribution in [0.1, 0.15) is 11.1 Å². The quantitative estimate of drug-likeness (QED) is 0.725. The Balaban J connectivity index is 1.68. The maximum Gasteiger partial charge on any atom is 0.247 e. The van der Waals surface area contributed by atoms with Crippen molar-refractivity contribution in [3.05, 3.63) is 47.5 Å². The molecule has 1 aliphatic rings. The number of hydrogen-bond acceptors (Lipinski definition) is 5. The molecule has 0 saturated carbocycles. The largest absolute Gasteiger partial charge is 0.495 e. The first-order valence-electron chi connectivity index (χ1n) is 9.58. The second kappa shape index (κ2) is 9.02. The number of quaternary nitrogens is 1. The van der Waals surface area contributed by atoms with E-state index >= 15 is 0 Å². The average molecular weight is 422 g/mol. The zero-order valence-electron chi connectivity index (χ0n) is 17.4. The highest BCUT2D eigenvalue weighted by atomic mass is 32.2. The van der Waals surface area contributed by atoms with Gasteiger partial charge in [0.15, 0.2) is 11.5 Å². The van der Waals surface area contributed by atoms with Gasteiger partial charge in [-0.3, -0.25) is 0 Å². The maximum absolute atomic E-state index is 13.1. The van der Waals surface area contributed by atoms with Gasteiger partial charge in [0.1, 0.15) is 17.2 Å². The van der Waals surface area contributed by atoms with E-state index in [1.54, 1.807) is 30.7 Å². The van der Waals surface area contributed by atoms with E-state index in [-0.39, 0.29) is 4.90 Å². The third kappa shape index (κ3) is 4.66. The summed E-state index contributed by atoms with van der Waals surface area (Å²) in [6.45, 7) is 5.11. The van der Waals surface area contributed by atoms with Crippen molar-refractivity contribution in [1.29, 1.82) is 0 Å². The zero-order chi connectivity index (χ0) is 21.0. The second-order valence-corrected chi connectivity index (χ2v) is 9.08. The van der Waals surface area contributed by atoms with Gasteiger partial charge in [-0.2, -0.15) is 4.31 Å². The summed E-state index contributed by atoms with van der Waals surface area (Å²) in [6.07, 6.45) is 0. The molecule has 7 nitrogen and oxygen atoms in total. The molecule has 2 aromatic rings. The van der Waals surface area contributed by atoms with Gasteiger partial charge in [0, 0.05) is 5.56 Å². The average Bonchev–Trinajstić information content (AvgIpc) is 2.74. The van der Waals surface area contributed by atoms with Crippen LogP contribution in [0.25, 0.3) is 0 Å². The van der Waals surface area contributed by atoms with Gasteiger partial charge in [-0.15, -0.1) is 0 Å². The Bertz CT molecular complexity index is 954. The summed E-state index contributed by atoms with van der Waals surface area (Å²) in [6, 6.07) is 11.1.